The van der Waals surface area contributed by atoms with E-state index in [0.29, 0.717) is 12.5 Å². The monoisotopic (exact) mass is 223 g/mol. The molecule has 1 saturated heterocycles. The van der Waals surface area contributed by atoms with Gasteiger partial charge in [-0.15, -0.1) is 0 Å². The second kappa shape index (κ2) is 4.80. The number of aromatic nitrogens is 1. The Morgan fingerprint density at radius 2 is 2.19 bits per heavy atom. The van der Waals surface area contributed by atoms with Crippen LogP contribution < -0.4 is 5.43 Å². The zero-order valence-electron chi connectivity index (χ0n) is 9.63. The van der Waals surface area contributed by atoms with Gasteiger partial charge in [0.1, 0.15) is 6.23 Å². The van der Waals surface area contributed by atoms with E-state index in [1.165, 1.54) is 0 Å². The lowest BCUT2D eigenvalue weighted by Gasteiger charge is -2.16. The molecule has 1 aliphatic rings. The van der Waals surface area contributed by atoms with Gasteiger partial charge in [-0.3, -0.25) is 4.79 Å². The summed E-state index contributed by atoms with van der Waals surface area (Å²) in [6, 6.07) is 3.11. The second-order valence-corrected chi connectivity index (χ2v) is 4.28. The Labute approximate surface area is 94.8 Å². The van der Waals surface area contributed by atoms with Gasteiger partial charge in [-0.05, 0) is 12.3 Å². The van der Waals surface area contributed by atoms with Crippen molar-refractivity contribution in [2.24, 2.45) is 5.92 Å². The Morgan fingerprint density at radius 1 is 1.50 bits per heavy atom. The van der Waals surface area contributed by atoms with Crippen LogP contribution in [0.5, 0.6) is 0 Å². The maximum Gasteiger partial charge on any atom is 0.181 e. The molecule has 1 fully saturated rings. The topological polar surface area (TPSA) is 40.5 Å². The Kier molecular flexibility index (Phi) is 3.41. The predicted octanol–water partition coefficient (Wildman–Crippen LogP) is 1.42. The normalized spacial score (nSPS) is 29.5. The first kappa shape index (κ1) is 11.4. The van der Waals surface area contributed by atoms with Gasteiger partial charge in [-0.2, -0.15) is 0 Å². The first-order chi connectivity index (χ1) is 7.70. The largest absolute Gasteiger partial charge is 0.382 e. The van der Waals surface area contributed by atoms with E-state index in [0.717, 1.165) is 6.42 Å². The highest BCUT2D eigenvalue weighted by atomic mass is 16.5. The van der Waals surface area contributed by atoms with E-state index in [9.17, 15) is 4.79 Å². The van der Waals surface area contributed by atoms with Crippen LogP contribution >= 0.6 is 0 Å². The summed E-state index contributed by atoms with van der Waals surface area (Å²) in [7, 11) is 1.68. The fourth-order valence-electron chi connectivity index (χ4n) is 2.04. The van der Waals surface area contributed by atoms with E-state index in [1.807, 2.05) is 4.57 Å². The fraction of sp³-hybridized carbons (Fsp3) is 0.583. The van der Waals surface area contributed by atoms with Crippen LogP contribution in [0.25, 0.3) is 0 Å². The molecule has 1 aromatic rings. The number of rotatable bonds is 3. The van der Waals surface area contributed by atoms with Gasteiger partial charge in [-0.25, -0.2) is 0 Å². The zero-order valence-corrected chi connectivity index (χ0v) is 9.63. The highest BCUT2D eigenvalue weighted by molar-refractivity contribution is 4.95. The van der Waals surface area contributed by atoms with Gasteiger partial charge in [0, 0.05) is 31.6 Å². The van der Waals surface area contributed by atoms with E-state index in [-0.39, 0.29) is 17.8 Å². The number of hydrogen-bond donors (Lipinski definition) is 0. The third-order valence-corrected chi connectivity index (χ3v) is 3.03. The number of ether oxygens (including phenoxy) is 2. The van der Waals surface area contributed by atoms with Crippen molar-refractivity contribution in [3.05, 3.63) is 34.7 Å². The minimum Gasteiger partial charge on any atom is -0.382 e. The van der Waals surface area contributed by atoms with Crippen molar-refractivity contribution >= 4 is 0 Å². The minimum absolute atomic E-state index is 0.0238. The van der Waals surface area contributed by atoms with Gasteiger partial charge in [0.2, 0.25) is 0 Å². The summed E-state index contributed by atoms with van der Waals surface area (Å²) in [4.78, 5) is 11.0. The Morgan fingerprint density at radius 3 is 2.81 bits per heavy atom. The van der Waals surface area contributed by atoms with Crippen LogP contribution in [-0.4, -0.2) is 24.4 Å². The van der Waals surface area contributed by atoms with Crippen LogP contribution in [0.3, 0.4) is 0 Å². The van der Waals surface area contributed by atoms with Crippen LogP contribution in [-0.2, 0) is 9.47 Å². The number of hydrogen-bond acceptors (Lipinski definition) is 3. The molecule has 2 heterocycles. The molecule has 0 amide bonds. The van der Waals surface area contributed by atoms with Crippen LogP contribution in [0.4, 0.5) is 0 Å². The van der Waals surface area contributed by atoms with Gasteiger partial charge in [0.15, 0.2) is 5.43 Å². The average Bonchev–Trinajstić information content (AvgIpc) is 2.62. The first-order valence-electron chi connectivity index (χ1n) is 5.53. The van der Waals surface area contributed by atoms with E-state index in [4.69, 9.17) is 9.47 Å². The molecule has 3 atom stereocenters. The van der Waals surface area contributed by atoms with Crippen LogP contribution in [0.2, 0.25) is 0 Å². The standard InChI is InChI=1S/C12H17NO3/c1-9-7-12(16-11(9)8-15-2)13-5-3-10(14)4-6-13/h3-6,9,11-12H,7-8H2,1-2H3. The van der Waals surface area contributed by atoms with Crippen LogP contribution in [0, 0.1) is 5.92 Å². The lowest BCUT2D eigenvalue weighted by molar-refractivity contribution is -0.0388. The molecule has 0 radical (unpaired) electrons. The molecule has 0 aliphatic carbocycles. The van der Waals surface area contributed by atoms with E-state index < -0.39 is 0 Å². The van der Waals surface area contributed by atoms with Crippen molar-refractivity contribution in [1.29, 1.82) is 0 Å². The molecule has 0 aromatic carbocycles. The van der Waals surface area contributed by atoms with E-state index in [2.05, 4.69) is 6.92 Å². The van der Waals surface area contributed by atoms with Gasteiger partial charge >= 0.3 is 0 Å². The van der Waals surface area contributed by atoms with Crippen molar-refractivity contribution in [3.8, 4) is 0 Å². The van der Waals surface area contributed by atoms with Crippen molar-refractivity contribution < 1.29 is 9.47 Å². The molecule has 88 valence electrons. The third kappa shape index (κ3) is 2.33. The van der Waals surface area contributed by atoms with Crippen molar-refractivity contribution in [1.82, 2.24) is 4.57 Å². The van der Waals surface area contributed by atoms with E-state index in [1.54, 1.807) is 31.6 Å². The molecule has 4 nitrogen and oxygen atoms in total. The molecule has 1 aromatic heterocycles. The lowest BCUT2D eigenvalue weighted by Crippen LogP contribution is -2.20. The Bertz CT molecular complexity index is 381. The zero-order chi connectivity index (χ0) is 11.5. The van der Waals surface area contributed by atoms with Crippen LogP contribution in [0.1, 0.15) is 19.6 Å². The van der Waals surface area contributed by atoms with Gasteiger partial charge in [0.05, 0.1) is 12.7 Å². The molecule has 3 unspecified atom stereocenters. The summed E-state index contributed by atoms with van der Waals surface area (Å²) in [5.74, 6) is 0.476. The first-order valence-corrected chi connectivity index (χ1v) is 5.53. The summed E-state index contributed by atoms with van der Waals surface area (Å²) < 4.78 is 12.9. The number of pyridine rings is 1. The number of methoxy groups -OCH3 is 1. The Hall–Kier alpha value is -1.13. The second-order valence-electron chi connectivity index (χ2n) is 4.28. The smallest absolute Gasteiger partial charge is 0.181 e. The van der Waals surface area contributed by atoms with Gasteiger partial charge < -0.3 is 14.0 Å². The third-order valence-electron chi connectivity index (χ3n) is 3.03. The Balaban J connectivity index is 2.07. The van der Waals surface area contributed by atoms with Crippen molar-refractivity contribution in [3.63, 3.8) is 0 Å². The molecular weight excluding hydrogens is 206 g/mol. The lowest BCUT2D eigenvalue weighted by atomic mass is 10.0. The summed E-state index contributed by atoms with van der Waals surface area (Å²) in [5, 5.41) is 0. The summed E-state index contributed by atoms with van der Waals surface area (Å²) in [6.45, 7) is 2.78. The highest BCUT2D eigenvalue weighted by Gasteiger charge is 2.32. The molecule has 2 rings (SSSR count). The highest BCUT2D eigenvalue weighted by Crippen LogP contribution is 2.32. The van der Waals surface area contributed by atoms with Gasteiger partial charge in [0.25, 0.3) is 0 Å². The summed E-state index contributed by atoms with van der Waals surface area (Å²) >= 11 is 0. The molecule has 0 N–H and O–H groups in total. The quantitative estimate of drug-likeness (QED) is 0.778. The van der Waals surface area contributed by atoms with Crippen LogP contribution in [0.15, 0.2) is 29.3 Å². The van der Waals surface area contributed by atoms with Crippen molar-refractivity contribution in [2.75, 3.05) is 13.7 Å². The van der Waals surface area contributed by atoms with Gasteiger partial charge in [-0.1, -0.05) is 6.92 Å². The number of nitrogens with zero attached hydrogens (tertiary/aromatic N) is 1. The molecule has 0 bridgehead atoms. The maximum atomic E-state index is 11.0. The molecule has 0 spiro atoms. The average molecular weight is 223 g/mol. The maximum absolute atomic E-state index is 11.0. The molecule has 0 saturated carbocycles. The molecular formula is C12H17NO3. The molecule has 16 heavy (non-hydrogen) atoms. The molecule has 4 heteroatoms. The molecule has 1 aliphatic heterocycles. The fourth-order valence-corrected chi connectivity index (χ4v) is 2.04. The summed E-state index contributed by atoms with van der Waals surface area (Å²) in [5.41, 5.74) is 0.0238. The predicted molar refractivity (Wildman–Crippen MR) is 60.3 cm³/mol. The minimum atomic E-state index is 0.0238. The van der Waals surface area contributed by atoms with E-state index >= 15 is 0 Å². The van der Waals surface area contributed by atoms with Crippen molar-refractivity contribution in [2.45, 2.75) is 25.7 Å². The SMILES string of the molecule is COCC1OC(n2ccc(=O)cc2)CC1C. The summed E-state index contributed by atoms with van der Waals surface area (Å²) in [6.07, 6.45) is 4.67.